The Morgan fingerprint density at radius 2 is 2.12 bits per heavy atom. The number of rotatable bonds is 3. The summed E-state index contributed by atoms with van der Waals surface area (Å²) >= 11 is 0. The van der Waals surface area contributed by atoms with E-state index in [-0.39, 0.29) is 42.8 Å². The molecule has 140 valence electrons. The van der Waals surface area contributed by atoms with Crippen molar-refractivity contribution < 1.29 is 4.79 Å². The lowest BCUT2D eigenvalue weighted by Gasteiger charge is -2.28. The quantitative estimate of drug-likeness (QED) is 0.848. The molecule has 1 saturated heterocycles. The number of nitrogens with zero attached hydrogens (tertiary/aromatic N) is 3. The highest BCUT2D eigenvalue weighted by Gasteiger charge is 2.22. The van der Waals surface area contributed by atoms with Crippen molar-refractivity contribution >= 4 is 41.8 Å². The summed E-state index contributed by atoms with van der Waals surface area (Å²) in [7, 11) is 0. The molecule has 6 nitrogen and oxygen atoms in total. The van der Waals surface area contributed by atoms with Crippen LogP contribution in [0.25, 0.3) is 11.0 Å². The van der Waals surface area contributed by atoms with Crippen LogP contribution < -0.4 is 10.6 Å². The molecule has 1 aliphatic heterocycles. The van der Waals surface area contributed by atoms with Crippen molar-refractivity contribution in [2.45, 2.75) is 58.7 Å². The maximum Gasteiger partial charge on any atom is 0.252 e. The van der Waals surface area contributed by atoms with Crippen molar-refractivity contribution in [2.24, 2.45) is 0 Å². The number of amides is 1. The maximum absolute atomic E-state index is 12.8. The second-order valence-corrected chi connectivity index (χ2v) is 6.78. The van der Waals surface area contributed by atoms with Crippen LogP contribution in [0.2, 0.25) is 0 Å². The van der Waals surface area contributed by atoms with Gasteiger partial charge in [0.2, 0.25) is 0 Å². The van der Waals surface area contributed by atoms with Crippen LogP contribution >= 0.6 is 24.8 Å². The number of pyridine rings is 1. The van der Waals surface area contributed by atoms with Gasteiger partial charge in [-0.25, -0.2) is 9.67 Å². The van der Waals surface area contributed by atoms with Gasteiger partial charge < -0.3 is 10.6 Å². The molecule has 0 aromatic carbocycles. The third-order valence-electron chi connectivity index (χ3n) is 4.39. The molecule has 25 heavy (non-hydrogen) atoms. The smallest absolute Gasteiger partial charge is 0.252 e. The number of halogens is 2. The van der Waals surface area contributed by atoms with E-state index in [0.29, 0.717) is 11.6 Å². The summed E-state index contributed by atoms with van der Waals surface area (Å²) in [4.78, 5) is 17.3. The van der Waals surface area contributed by atoms with E-state index in [1.165, 1.54) is 0 Å². The average molecular weight is 388 g/mol. The van der Waals surface area contributed by atoms with Gasteiger partial charge in [-0.2, -0.15) is 5.10 Å². The lowest BCUT2D eigenvalue weighted by atomic mass is 10.00. The Kier molecular flexibility index (Phi) is 7.65. The van der Waals surface area contributed by atoms with Gasteiger partial charge in [-0.05, 0) is 53.1 Å². The molecule has 8 heteroatoms. The van der Waals surface area contributed by atoms with Gasteiger partial charge in [0, 0.05) is 23.8 Å². The Balaban J connectivity index is 0.00000156. The highest BCUT2D eigenvalue weighted by atomic mass is 35.5. The van der Waals surface area contributed by atoms with Gasteiger partial charge in [-0.15, -0.1) is 24.8 Å². The molecule has 0 radical (unpaired) electrons. The number of carbonyl (C=O) groups is 1. The van der Waals surface area contributed by atoms with Crippen molar-refractivity contribution in [3.63, 3.8) is 0 Å². The topological polar surface area (TPSA) is 71.8 Å². The van der Waals surface area contributed by atoms with Gasteiger partial charge in [-0.3, -0.25) is 4.79 Å². The fourth-order valence-corrected chi connectivity index (χ4v) is 3.24. The summed E-state index contributed by atoms with van der Waals surface area (Å²) in [6.07, 6.45) is 3.68. The van der Waals surface area contributed by atoms with E-state index in [2.05, 4.69) is 41.5 Å². The highest BCUT2D eigenvalue weighted by Crippen LogP contribution is 2.21. The molecular weight excluding hydrogens is 361 g/mol. The molecule has 2 unspecified atom stereocenters. The number of hydrogen-bond donors (Lipinski definition) is 2. The standard InChI is InChI=1S/C17H25N5O.2ClH/c1-10(2)22-16-15(9-19-22)14(8-12(4)20-16)17(23)21-13-5-6-18-11(3)7-13;;/h8-11,13,18H,5-7H2,1-4H3,(H,21,23);2*1H. The molecule has 2 aromatic heterocycles. The number of nitrogens with one attached hydrogen (secondary N) is 2. The summed E-state index contributed by atoms with van der Waals surface area (Å²) in [5.41, 5.74) is 2.29. The summed E-state index contributed by atoms with van der Waals surface area (Å²) in [6.45, 7) is 9.14. The van der Waals surface area contributed by atoms with E-state index in [9.17, 15) is 4.79 Å². The molecule has 3 rings (SSSR count). The van der Waals surface area contributed by atoms with E-state index in [0.717, 1.165) is 36.1 Å². The molecule has 1 amide bonds. The number of aromatic nitrogens is 3. The molecular formula is C17H27Cl2N5O. The molecule has 0 spiro atoms. The zero-order valence-corrected chi connectivity index (χ0v) is 16.7. The van der Waals surface area contributed by atoms with Crippen molar-refractivity contribution in [1.82, 2.24) is 25.4 Å². The minimum absolute atomic E-state index is 0. The van der Waals surface area contributed by atoms with Gasteiger partial charge in [0.05, 0.1) is 17.1 Å². The predicted molar refractivity (Wildman–Crippen MR) is 105 cm³/mol. The molecule has 0 saturated carbocycles. The van der Waals surface area contributed by atoms with Gasteiger partial charge in [0.1, 0.15) is 0 Å². The Morgan fingerprint density at radius 1 is 1.40 bits per heavy atom. The SMILES string of the molecule is Cc1cc(C(=O)NC2CCNC(C)C2)c2cnn(C(C)C)c2n1.Cl.Cl. The lowest BCUT2D eigenvalue weighted by molar-refractivity contribution is 0.0927. The second-order valence-electron chi connectivity index (χ2n) is 6.78. The van der Waals surface area contributed by atoms with Crippen LogP contribution in [0.1, 0.15) is 55.7 Å². The largest absolute Gasteiger partial charge is 0.349 e. The van der Waals surface area contributed by atoms with Crippen molar-refractivity contribution in [3.05, 3.63) is 23.5 Å². The molecule has 2 aromatic rings. The maximum atomic E-state index is 12.8. The number of carbonyl (C=O) groups excluding carboxylic acids is 1. The first-order valence-electron chi connectivity index (χ1n) is 8.35. The molecule has 1 fully saturated rings. The van der Waals surface area contributed by atoms with Crippen LogP contribution in [0.15, 0.2) is 12.3 Å². The highest BCUT2D eigenvalue weighted by molar-refractivity contribution is 6.05. The molecule has 1 aliphatic rings. The average Bonchev–Trinajstić information content (AvgIpc) is 2.90. The van der Waals surface area contributed by atoms with Gasteiger partial charge in [-0.1, -0.05) is 0 Å². The number of aryl methyl sites for hydroxylation is 1. The van der Waals surface area contributed by atoms with Crippen LogP contribution in [0.4, 0.5) is 0 Å². The number of piperidine rings is 1. The lowest BCUT2D eigenvalue weighted by Crippen LogP contribution is -2.46. The zero-order chi connectivity index (χ0) is 16.6. The van der Waals surface area contributed by atoms with E-state index in [1.54, 1.807) is 6.20 Å². The molecule has 2 N–H and O–H groups in total. The van der Waals surface area contributed by atoms with Gasteiger partial charge >= 0.3 is 0 Å². The van der Waals surface area contributed by atoms with E-state index < -0.39 is 0 Å². The van der Waals surface area contributed by atoms with Crippen LogP contribution in [0.3, 0.4) is 0 Å². The Labute approximate surface area is 161 Å². The Morgan fingerprint density at radius 3 is 2.76 bits per heavy atom. The third kappa shape index (κ3) is 4.63. The molecule has 0 bridgehead atoms. The first-order valence-corrected chi connectivity index (χ1v) is 8.35. The number of hydrogen-bond acceptors (Lipinski definition) is 4. The first-order chi connectivity index (χ1) is 11.0. The summed E-state index contributed by atoms with van der Waals surface area (Å²) in [6, 6.07) is 2.73. The second kappa shape index (κ2) is 8.83. The molecule has 2 atom stereocenters. The van der Waals surface area contributed by atoms with Crippen molar-refractivity contribution in [3.8, 4) is 0 Å². The van der Waals surface area contributed by atoms with Crippen LogP contribution in [0, 0.1) is 6.92 Å². The van der Waals surface area contributed by atoms with Gasteiger partial charge in [0.25, 0.3) is 5.91 Å². The predicted octanol–water partition coefficient (Wildman–Crippen LogP) is 3.03. The van der Waals surface area contributed by atoms with E-state index >= 15 is 0 Å². The summed E-state index contributed by atoms with van der Waals surface area (Å²) < 4.78 is 1.87. The van der Waals surface area contributed by atoms with Crippen LogP contribution in [0.5, 0.6) is 0 Å². The van der Waals surface area contributed by atoms with E-state index in [4.69, 9.17) is 0 Å². The molecule has 3 heterocycles. The number of fused-ring (bicyclic) bond motifs is 1. The van der Waals surface area contributed by atoms with Crippen molar-refractivity contribution in [1.29, 1.82) is 0 Å². The van der Waals surface area contributed by atoms with Crippen LogP contribution in [-0.2, 0) is 0 Å². The third-order valence-corrected chi connectivity index (χ3v) is 4.39. The Hall–Kier alpha value is -1.37. The minimum Gasteiger partial charge on any atom is -0.349 e. The fraction of sp³-hybridized carbons (Fsp3) is 0.588. The monoisotopic (exact) mass is 387 g/mol. The minimum atomic E-state index is -0.0251. The molecule has 0 aliphatic carbocycles. The normalized spacial score (nSPS) is 20.0. The Bertz CT molecular complexity index is 731. The van der Waals surface area contributed by atoms with Gasteiger partial charge in [0.15, 0.2) is 5.65 Å². The summed E-state index contributed by atoms with van der Waals surface area (Å²) in [5, 5.41) is 11.8. The zero-order valence-electron chi connectivity index (χ0n) is 15.1. The first kappa shape index (κ1) is 21.7. The summed E-state index contributed by atoms with van der Waals surface area (Å²) in [5.74, 6) is -0.0251. The van der Waals surface area contributed by atoms with Crippen molar-refractivity contribution in [2.75, 3.05) is 6.54 Å². The fourth-order valence-electron chi connectivity index (χ4n) is 3.24. The van der Waals surface area contributed by atoms with Crippen LogP contribution in [-0.4, -0.2) is 39.3 Å². The van der Waals surface area contributed by atoms with E-state index in [1.807, 2.05) is 17.7 Å².